The zero-order valence-electron chi connectivity index (χ0n) is 25.9. The minimum Gasteiger partial charge on any atom is -0.496 e. The Kier molecular flexibility index (Phi) is 10.5. The molecule has 3 aromatic carbocycles. The highest BCUT2D eigenvalue weighted by Crippen LogP contribution is 2.40. The van der Waals surface area contributed by atoms with Crippen LogP contribution in [0.3, 0.4) is 0 Å². The van der Waals surface area contributed by atoms with Gasteiger partial charge in [-0.1, -0.05) is 36.4 Å². The predicted molar refractivity (Wildman–Crippen MR) is 177 cm³/mol. The van der Waals surface area contributed by atoms with Crippen LogP contribution >= 0.6 is 11.3 Å². The van der Waals surface area contributed by atoms with Crippen molar-refractivity contribution in [1.82, 2.24) is 15.0 Å². The molecule has 0 atom stereocenters. The number of carbonyl (C=O) groups excluding carboxylic acids is 2. The highest BCUT2D eigenvalue weighted by atomic mass is 32.2. The normalized spacial score (nSPS) is 11.6. The van der Waals surface area contributed by atoms with Crippen molar-refractivity contribution in [2.24, 2.45) is 0 Å². The maximum absolute atomic E-state index is 13.6. The van der Waals surface area contributed by atoms with Crippen LogP contribution in [0.25, 0.3) is 21.0 Å². The van der Waals surface area contributed by atoms with Crippen LogP contribution in [0.4, 0.5) is 21.0 Å². The Labute approximate surface area is 267 Å². The van der Waals surface area contributed by atoms with Crippen LogP contribution < -0.4 is 25.4 Å². The van der Waals surface area contributed by atoms with Crippen molar-refractivity contribution in [3.63, 3.8) is 0 Å². The van der Waals surface area contributed by atoms with Crippen LogP contribution in [0.15, 0.2) is 77.8 Å². The van der Waals surface area contributed by atoms with Crippen molar-refractivity contribution in [3.05, 3.63) is 78.5 Å². The van der Waals surface area contributed by atoms with E-state index >= 15 is 0 Å². The van der Waals surface area contributed by atoms with E-state index in [1.54, 1.807) is 71.1 Å². The number of hydrogen-bond donors (Lipinski definition) is 4. The number of carbonyl (C=O) groups is 2. The highest BCUT2D eigenvalue weighted by Gasteiger charge is 2.27. The average Bonchev–Trinajstić information content (AvgIpc) is 3.45. The van der Waals surface area contributed by atoms with Crippen molar-refractivity contribution >= 4 is 44.9 Å². The van der Waals surface area contributed by atoms with E-state index in [-0.39, 0.29) is 11.0 Å². The summed E-state index contributed by atoms with van der Waals surface area (Å²) in [6.45, 7) is 9.08. The van der Waals surface area contributed by atoms with Gasteiger partial charge in [0, 0.05) is 41.3 Å². The number of amides is 3. The summed E-state index contributed by atoms with van der Waals surface area (Å²) in [7, 11) is -2.52. The largest absolute Gasteiger partial charge is 0.496 e. The molecule has 4 N–H and O–H groups in total. The first-order valence-corrected chi connectivity index (χ1v) is 16.4. The molecular weight excluding hydrogens is 615 g/mol. The second kappa shape index (κ2) is 14.1. The summed E-state index contributed by atoms with van der Waals surface area (Å²) < 4.78 is 40.7. The number of aromatic nitrogens is 1. The first-order valence-electron chi connectivity index (χ1n) is 14.1. The summed E-state index contributed by atoms with van der Waals surface area (Å²) in [5.41, 5.74) is 2.04. The highest BCUT2D eigenvalue weighted by molar-refractivity contribution is 7.89. The Morgan fingerprint density at radius 3 is 2.24 bits per heavy atom. The van der Waals surface area contributed by atoms with Gasteiger partial charge in [0.25, 0.3) is 0 Å². The van der Waals surface area contributed by atoms with E-state index in [9.17, 15) is 18.0 Å². The molecule has 238 valence electrons. The monoisotopic (exact) mass is 651 g/mol. The molecule has 1 aromatic heterocycles. The topological polar surface area (TPSA) is 148 Å². The number of rotatable bonds is 10. The lowest BCUT2D eigenvalue weighted by Crippen LogP contribution is -2.40. The molecule has 3 amide bonds. The minimum absolute atomic E-state index is 0.0105. The summed E-state index contributed by atoms with van der Waals surface area (Å²) in [5.74, 6) is 0.460. The molecule has 4 aromatic rings. The maximum atomic E-state index is 13.6. The molecule has 11 nitrogen and oxygen atoms in total. The van der Waals surface area contributed by atoms with Gasteiger partial charge in [-0.05, 0) is 64.4 Å². The molecule has 0 unspecified atom stereocenters. The molecule has 4 rings (SSSR count). The van der Waals surface area contributed by atoms with Gasteiger partial charge in [-0.25, -0.2) is 27.7 Å². The molecule has 0 spiro atoms. The SMILES string of the molecule is COc1cc(NC(=O)OC(C)C)ccc1-c1ncc(-c2ccc(NC(=O)NCc3ccccc3)cc2S(=O)(=O)NC(C)(C)C)s1. The van der Waals surface area contributed by atoms with E-state index in [4.69, 9.17) is 9.47 Å². The third-order valence-electron chi connectivity index (χ3n) is 6.06. The summed E-state index contributed by atoms with van der Waals surface area (Å²) >= 11 is 1.28. The number of thiazole rings is 1. The Hall–Kier alpha value is -4.46. The molecule has 0 bridgehead atoms. The van der Waals surface area contributed by atoms with Crippen molar-refractivity contribution in [2.75, 3.05) is 17.7 Å². The van der Waals surface area contributed by atoms with Crippen LogP contribution in [0, 0.1) is 0 Å². The summed E-state index contributed by atoms with van der Waals surface area (Å²) in [6.07, 6.45) is 0.742. The Morgan fingerprint density at radius 2 is 1.60 bits per heavy atom. The Balaban J connectivity index is 1.64. The quantitative estimate of drug-likeness (QED) is 0.147. The Morgan fingerprint density at radius 1 is 0.933 bits per heavy atom. The zero-order valence-corrected chi connectivity index (χ0v) is 27.6. The van der Waals surface area contributed by atoms with E-state index in [1.165, 1.54) is 24.5 Å². The van der Waals surface area contributed by atoms with Gasteiger partial charge >= 0.3 is 12.1 Å². The number of anilines is 2. The number of sulfonamides is 1. The molecule has 0 saturated carbocycles. The fourth-order valence-corrected chi connectivity index (χ4v) is 6.98. The molecule has 0 aliphatic carbocycles. The van der Waals surface area contributed by atoms with E-state index < -0.39 is 27.7 Å². The lowest BCUT2D eigenvalue weighted by atomic mass is 10.1. The standard InChI is InChI=1S/C32H37N5O6S2/c1-20(2)43-31(39)36-22-12-14-24(26(16-22)42-6)29-33-19-27(44-29)25-15-13-23(17-28(25)45(40,41)37-32(3,4)5)35-30(38)34-18-21-10-8-7-9-11-21/h7-17,19-20,37H,18H2,1-6H3,(H,36,39)(H2,34,35,38). The Bertz CT molecular complexity index is 1770. The first-order chi connectivity index (χ1) is 21.2. The first kappa shape index (κ1) is 33.4. The summed E-state index contributed by atoms with van der Waals surface area (Å²) in [4.78, 5) is 29.8. The van der Waals surface area contributed by atoms with E-state index in [0.29, 0.717) is 44.7 Å². The molecule has 0 aliphatic heterocycles. The predicted octanol–water partition coefficient (Wildman–Crippen LogP) is 6.84. The lowest BCUT2D eigenvalue weighted by Gasteiger charge is -2.22. The lowest BCUT2D eigenvalue weighted by molar-refractivity contribution is 0.130. The molecule has 0 fully saturated rings. The molecule has 45 heavy (non-hydrogen) atoms. The average molecular weight is 652 g/mol. The van der Waals surface area contributed by atoms with Gasteiger partial charge in [0.1, 0.15) is 10.8 Å². The van der Waals surface area contributed by atoms with E-state index in [2.05, 4.69) is 25.7 Å². The molecule has 0 aliphatic rings. The summed E-state index contributed by atoms with van der Waals surface area (Å²) in [5, 5.41) is 8.76. The number of methoxy groups -OCH3 is 1. The van der Waals surface area contributed by atoms with Gasteiger partial charge in [0.05, 0.1) is 28.5 Å². The molecular formula is C32H37N5O6S2. The van der Waals surface area contributed by atoms with E-state index in [0.717, 1.165) is 5.56 Å². The second-order valence-corrected chi connectivity index (χ2v) is 14.1. The van der Waals surface area contributed by atoms with Crippen LogP contribution in [-0.4, -0.2) is 44.3 Å². The maximum Gasteiger partial charge on any atom is 0.411 e. The van der Waals surface area contributed by atoms with E-state index in [1.807, 2.05) is 30.3 Å². The fourth-order valence-electron chi connectivity index (χ4n) is 4.27. The minimum atomic E-state index is -4.02. The van der Waals surface area contributed by atoms with Crippen LogP contribution in [-0.2, 0) is 21.3 Å². The molecule has 0 radical (unpaired) electrons. The second-order valence-electron chi connectivity index (χ2n) is 11.4. The van der Waals surface area contributed by atoms with Gasteiger partial charge in [-0.2, -0.15) is 0 Å². The van der Waals surface area contributed by atoms with Gasteiger partial charge in [0.2, 0.25) is 10.0 Å². The number of nitrogens with one attached hydrogen (secondary N) is 4. The fraction of sp³-hybridized carbons (Fsp3) is 0.281. The van der Waals surface area contributed by atoms with Gasteiger partial charge in [0.15, 0.2) is 0 Å². The summed E-state index contributed by atoms with van der Waals surface area (Å²) in [6, 6.07) is 18.8. The van der Waals surface area contributed by atoms with Crippen molar-refractivity contribution in [3.8, 4) is 26.8 Å². The number of hydrogen-bond acceptors (Lipinski definition) is 8. The van der Waals surface area contributed by atoms with Crippen LogP contribution in [0.5, 0.6) is 5.75 Å². The number of ether oxygens (including phenoxy) is 2. The molecule has 1 heterocycles. The van der Waals surface area contributed by atoms with Gasteiger partial charge in [-0.15, -0.1) is 11.3 Å². The van der Waals surface area contributed by atoms with Crippen LogP contribution in [0.1, 0.15) is 40.2 Å². The van der Waals surface area contributed by atoms with Crippen LogP contribution in [0.2, 0.25) is 0 Å². The number of urea groups is 1. The molecule has 13 heteroatoms. The third kappa shape index (κ3) is 9.27. The van der Waals surface area contributed by atoms with Gasteiger partial charge < -0.3 is 20.1 Å². The van der Waals surface area contributed by atoms with Crippen molar-refractivity contribution in [2.45, 2.75) is 57.7 Å². The van der Waals surface area contributed by atoms with Crippen molar-refractivity contribution < 1.29 is 27.5 Å². The number of nitrogens with zero attached hydrogens (tertiary/aromatic N) is 1. The zero-order chi connectivity index (χ0) is 32.8. The third-order valence-corrected chi connectivity index (χ3v) is 8.92. The van der Waals surface area contributed by atoms with Crippen molar-refractivity contribution in [1.29, 1.82) is 0 Å². The van der Waals surface area contributed by atoms with Gasteiger partial charge in [-0.3, -0.25) is 5.32 Å². The smallest absolute Gasteiger partial charge is 0.411 e. The molecule has 0 saturated heterocycles. The number of benzene rings is 3.